The van der Waals surface area contributed by atoms with E-state index in [0.29, 0.717) is 12.4 Å². The van der Waals surface area contributed by atoms with Crippen LogP contribution in [-0.4, -0.2) is 15.9 Å². The van der Waals surface area contributed by atoms with E-state index in [4.69, 9.17) is 4.74 Å². The molecule has 3 aromatic rings. The first-order chi connectivity index (χ1) is 13.3. The Morgan fingerprint density at radius 2 is 1.57 bits per heavy atom. The molecule has 2 heterocycles. The van der Waals surface area contributed by atoms with Crippen molar-refractivity contribution in [2.24, 2.45) is 0 Å². The van der Waals surface area contributed by atoms with Crippen LogP contribution in [0.15, 0.2) is 55.1 Å². The molecule has 5 nitrogen and oxygen atoms in total. The fourth-order valence-electron chi connectivity index (χ4n) is 2.25. The first-order valence-corrected chi connectivity index (χ1v) is 7.65. The van der Waals surface area contributed by atoms with Crippen molar-refractivity contribution >= 4 is 11.6 Å². The first kappa shape index (κ1) is 19.2. The van der Waals surface area contributed by atoms with E-state index in [2.05, 4.69) is 15.3 Å². The molecule has 0 fully saturated rings. The quantitative estimate of drug-likeness (QED) is 0.644. The Labute approximate surface area is 154 Å². The van der Waals surface area contributed by atoms with Gasteiger partial charge in [-0.1, -0.05) is 0 Å². The van der Waals surface area contributed by atoms with E-state index < -0.39 is 40.6 Å². The molecular formula is C18H10F5N3O2. The summed E-state index contributed by atoms with van der Waals surface area (Å²) in [5.74, 6) is -3.76. The summed E-state index contributed by atoms with van der Waals surface area (Å²) in [6.07, 6.45) is -1.31. The smallest absolute Gasteiger partial charge is 0.420 e. The van der Waals surface area contributed by atoms with Crippen LogP contribution in [0.25, 0.3) is 0 Å². The summed E-state index contributed by atoms with van der Waals surface area (Å²) in [4.78, 5) is 18.9. The second-order valence-corrected chi connectivity index (χ2v) is 5.43. The number of ether oxygens (including phenoxy) is 1. The lowest BCUT2D eigenvalue weighted by Crippen LogP contribution is -2.16. The van der Waals surface area contributed by atoms with Crippen molar-refractivity contribution < 1.29 is 31.5 Å². The number of nitrogens with zero attached hydrogens (tertiary/aromatic N) is 2. The van der Waals surface area contributed by atoms with Gasteiger partial charge in [0.15, 0.2) is 17.4 Å². The lowest BCUT2D eigenvalue weighted by Gasteiger charge is -2.13. The Hall–Kier alpha value is -3.56. The molecule has 0 saturated heterocycles. The van der Waals surface area contributed by atoms with Gasteiger partial charge in [0.25, 0.3) is 5.91 Å². The summed E-state index contributed by atoms with van der Waals surface area (Å²) in [6, 6.07) is 5.94. The predicted molar refractivity (Wildman–Crippen MR) is 87.9 cm³/mol. The molecule has 0 unspecified atom stereocenters. The van der Waals surface area contributed by atoms with Crippen molar-refractivity contribution in [1.82, 2.24) is 9.97 Å². The minimum Gasteiger partial charge on any atom is -0.455 e. The summed E-state index contributed by atoms with van der Waals surface area (Å²) in [5.41, 5.74) is -1.65. The van der Waals surface area contributed by atoms with Crippen LogP contribution in [-0.2, 0) is 6.18 Å². The Morgan fingerprint density at radius 3 is 2.18 bits per heavy atom. The van der Waals surface area contributed by atoms with E-state index in [0.717, 1.165) is 18.5 Å². The van der Waals surface area contributed by atoms with Crippen LogP contribution in [0, 0.1) is 11.6 Å². The van der Waals surface area contributed by atoms with Gasteiger partial charge in [0.05, 0.1) is 18.6 Å². The molecule has 0 spiro atoms. The number of carbonyl (C=O) groups is 1. The van der Waals surface area contributed by atoms with Crippen LogP contribution < -0.4 is 10.1 Å². The Morgan fingerprint density at radius 1 is 0.929 bits per heavy atom. The molecule has 0 bridgehead atoms. The number of benzene rings is 1. The van der Waals surface area contributed by atoms with Crippen LogP contribution in [0.5, 0.6) is 11.5 Å². The number of pyridine rings is 2. The Bertz CT molecular complexity index is 987. The molecule has 0 atom stereocenters. The van der Waals surface area contributed by atoms with Gasteiger partial charge in [-0.05, 0) is 30.3 Å². The maximum Gasteiger partial charge on any atom is 0.420 e. The van der Waals surface area contributed by atoms with Crippen LogP contribution in [0.1, 0.15) is 15.9 Å². The highest BCUT2D eigenvalue weighted by molar-refractivity contribution is 6.04. The van der Waals surface area contributed by atoms with Gasteiger partial charge in [-0.3, -0.25) is 14.8 Å². The zero-order valence-electron chi connectivity index (χ0n) is 13.8. The standard InChI is InChI=1S/C18H10F5N3O2/c19-13-7-25-8-14(20)16(13)17(27)26-10-1-3-11(4-2-10)28-15-9-24-6-5-12(15)18(21,22)23/h1-9H,(H,26,27). The van der Waals surface area contributed by atoms with Crippen molar-refractivity contribution in [2.45, 2.75) is 6.18 Å². The second-order valence-electron chi connectivity index (χ2n) is 5.43. The number of hydrogen-bond donors (Lipinski definition) is 1. The molecule has 28 heavy (non-hydrogen) atoms. The van der Waals surface area contributed by atoms with E-state index in [1.165, 1.54) is 24.3 Å². The van der Waals surface area contributed by atoms with Crippen LogP contribution in [0.3, 0.4) is 0 Å². The van der Waals surface area contributed by atoms with Crippen LogP contribution >= 0.6 is 0 Å². The molecular weight excluding hydrogens is 385 g/mol. The molecule has 0 saturated carbocycles. The molecule has 3 rings (SSSR count). The molecule has 144 valence electrons. The minimum atomic E-state index is -4.62. The summed E-state index contributed by atoms with van der Waals surface area (Å²) in [5, 5.41) is 2.27. The van der Waals surface area contributed by atoms with Crippen LogP contribution in [0.2, 0.25) is 0 Å². The lowest BCUT2D eigenvalue weighted by atomic mass is 10.2. The average molecular weight is 395 g/mol. The molecule has 0 aliphatic carbocycles. The molecule has 0 radical (unpaired) electrons. The van der Waals surface area contributed by atoms with E-state index >= 15 is 0 Å². The van der Waals surface area contributed by atoms with Crippen molar-refractivity contribution in [3.63, 3.8) is 0 Å². The Balaban J connectivity index is 1.76. The highest BCUT2D eigenvalue weighted by Gasteiger charge is 2.34. The largest absolute Gasteiger partial charge is 0.455 e. The van der Waals surface area contributed by atoms with Gasteiger partial charge in [-0.25, -0.2) is 8.78 Å². The number of nitrogens with one attached hydrogen (secondary N) is 1. The normalized spacial score (nSPS) is 11.2. The number of anilines is 1. The van der Waals surface area contributed by atoms with E-state index in [1.807, 2.05) is 0 Å². The molecule has 10 heteroatoms. The fraction of sp³-hybridized carbons (Fsp3) is 0.0556. The number of carbonyl (C=O) groups excluding carboxylic acids is 1. The Kier molecular flexibility index (Phi) is 5.21. The highest BCUT2D eigenvalue weighted by Crippen LogP contribution is 2.37. The van der Waals surface area contributed by atoms with Gasteiger partial charge in [0, 0.05) is 11.9 Å². The maximum absolute atomic E-state index is 13.6. The van der Waals surface area contributed by atoms with Crippen molar-refractivity contribution in [3.8, 4) is 11.5 Å². The number of alkyl halides is 3. The van der Waals surface area contributed by atoms with Crippen molar-refractivity contribution in [1.29, 1.82) is 0 Å². The molecule has 2 aromatic heterocycles. The summed E-state index contributed by atoms with van der Waals surface area (Å²) in [7, 11) is 0. The molecule has 0 aliphatic heterocycles. The minimum absolute atomic E-state index is 0.0396. The number of aromatic nitrogens is 2. The number of rotatable bonds is 4. The number of hydrogen-bond acceptors (Lipinski definition) is 4. The topological polar surface area (TPSA) is 64.1 Å². The third-order valence-corrected chi connectivity index (χ3v) is 3.51. The molecule has 1 amide bonds. The molecule has 1 N–H and O–H groups in total. The summed E-state index contributed by atoms with van der Waals surface area (Å²) >= 11 is 0. The van der Waals surface area contributed by atoms with Crippen molar-refractivity contribution in [3.05, 3.63) is 77.9 Å². The van der Waals surface area contributed by atoms with Gasteiger partial charge in [0.1, 0.15) is 16.9 Å². The SMILES string of the molecule is O=C(Nc1ccc(Oc2cnccc2C(F)(F)F)cc1)c1c(F)cncc1F. The molecule has 0 aliphatic rings. The van der Waals surface area contributed by atoms with Crippen molar-refractivity contribution in [2.75, 3.05) is 5.32 Å². The van der Waals surface area contributed by atoms with E-state index in [9.17, 15) is 26.7 Å². The second kappa shape index (κ2) is 7.59. The van der Waals surface area contributed by atoms with Gasteiger partial charge in [-0.2, -0.15) is 13.2 Å². The van der Waals surface area contributed by atoms with Gasteiger partial charge < -0.3 is 10.1 Å². The van der Waals surface area contributed by atoms with Gasteiger partial charge >= 0.3 is 6.18 Å². The first-order valence-electron chi connectivity index (χ1n) is 7.65. The highest BCUT2D eigenvalue weighted by atomic mass is 19.4. The summed E-state index contributed by atoms with van der Waals surface area (Å²) in [6.45, 7) is 0. The lowest BCUT2D eigenvalue weighted by molar-refractivity contribution is -0.138. The number of amides is 1. The monoisotopic (exact) mass is 395 g/mol. The third kappa shape index (κ3) is 4.22. The number of halogens is 5. The fourth-order valence-corrected chi connectivity index (χ4v) is 2.25. The predicted octanol–water partition coefficient (Wildman–Crippen LogP) is 4.82. The average Bonchev–Trinajstić information content (AvgIpc) is 2.63. The van der Waals surface area contributed by atoms with Gasteiger partial charge in [-0.15, -0.1) is 0 Å². The van der Waals surface area contributed by atoms with E-state index in [-0.39, 0.29) is 11.4 Å². The summed E-state index contributed by atoms with van der Waals surface area (Å²) < 4.78 is 71.2. The maximum atomic E-state index is 13.6. The zero-order valence-corrected chi connectivity index (χ0v) is 13.8. The third-order valence-electron chi connectivity index (χ3n) is 3.51. The molecule has 1 aromatic carbocycles. The van der Waals surface area contributed by atoms with E-state index in [1.54, 1.807) is 0 Å². The van der Waals surface area contributed by atoms with Gasteiger partial charge in [0.2, 0.25) is 0 Å². The van der Waals surface area contributed by atoms with Crippen LogP contribution in [0.4, 0.5) is 27.6 Å². The zero-order chi connectivity index (χ0) is 20.3.